The molecular weight excluding hydrogens is 252 g/mol. The van der Waals surface area contributed by atoms with Gasteiger partial charge in [-0.15, -0.1) is 0 Å². The lowest BCUT2D eigenvalue weighted by Gasteiger charge is -2.21. The number of hydrogen-bond acceptors (Lipinski definition) is 3. The predicted molar refractivity (Wildman–Crippen MR) is 70.5 cm³/mol. The first-order valence-electron chi connectivity index (χ1n) is 6.01. The van der Waals surface area contributed by atoms with Crippen LogP contribution in [0.3, 0.4) is 0 Å². The fraction of sp³-hybridized carbons (Fsp3) is 0.462. The average molecular weight is 269 g/mol. The maximum absolute atomic E-state index is 11.6. The number of nitrogens with zero attached hydrogens (tertiary/aromatic N) is 1. The number of likely N-dealkylation sites (tertiary alicyclic amines) is 1. The Labute approximate surface area is 111 Å². The molecule has 1 aromatic rings. The van der Waals surface area contributed by atoms with Crippen molar-refractivity contribution < 1.29 is 9.90 Å². The van der Waals surface area contributed by atoms with Crippen molar-refractivity contribution in [3.8, 4) is 0 Å². The minimum atomic E-state index is -0.354. The highest BCUT2D eigenvalue weighted by Crippen LogP contribution is 2.21. The van der Waals surface area contributed by atoms with Crippen LogP contribution in [0.5, 0.6) is 0 Å². The molecule has 1 amide bonds. The van der Waals surface area contributed by atoms with E-state index in [1.165, 1.54) is 0 Å². The summed E-state index contributed by atoms with van der Waals surface area (Å²) in [6, 6.07) is 7.16. The summed E-state index contributed by atoms with van der Waals surface area (Å²) in [5.41, 5.74) is 6.33. The number of amides is 1. The SMILES string of the molecule is NC(=O)C(CN1CC[C@@H](O)C1)c1ccc(Cl)cc1. The summed E-state index contributed by atoms with van der Waals surface area (Å²) in [4.78, 5) is 13.6. The van der Waals surface area contributed by atoms with Crippen molar-refractivity contribution in [1.82, 2.24) is 4.90 Å². The molecule has 1 aliphatic heterocycles. The topological polar surface area (TPSA) is 66.6 Å². The van der Waals surface area contributed by atoms with Gasteiger partial charge in [0.1, 0.15) is 0 Å². The van der Waals surface area contributed by atoms with Crippen molar-refractivity contribution in [2.24, 2.45) is 5.73 Å². The fourth-order valence-electron chi connectivity index (χ4n) is 2.29. The molecule has 0 aromatic heterocycles. The van der Waals surface area contributed by atoms with Crippen LogP contribution in [0.1, 0.15) is 17.9 Å². The Hall–Kier alpha value is -1.10. The molecule has 4 nitrogen and oxygen atoms in total. The van der Waals surface area contributed by atoms with Gasteiger partial charge in [-0.05, 0) is 24.1 Å². The van der Waals surface area contributed by atoms with E-state index < -0.39 is 0 Å². The molecule has 1 aliphatic rings. The average Bonchev–Trinajstić information content (AvgIpc) is 2.73. The summed E-state index contributed by atoms with van der Waals surface area (Å²) >= 11 is 5.83. The summed E-state index contributed by atoms with van der Waals surface area (Å²) in [6.07, 6.45) is 0.468. The molecule has 0 aliphatic carbocycles. The van der Waals surface area contributed by atoms with Gasteiger partial charge in [0, 0.05) is 24.7 Å². The molecule has 0 bridgehead atoms. The van der Waals surface area contributed by atoms with E-state index in [0.717, 1.165) is 18.5 Å². The molecule has 5 heteroatoms. The number of carbonyl (C=O) groups excluding carboxylic acids is 1. The molecule has 2 atom stereocenters. The highest BCUT2D eigenvalue weighted by molar-refractivity contribution is 6.30. The van der Waals surface area contributed by atoms with Crippen molar-refractivity contribution in [3.63, 3.8) is 0 Å². The van der Waals surface area contributed by atoms with E-state index >= 15 is 0 Å². The van der Waals surface area contributed by atoms with Crippen molar-refractivity contribution >= 4 is 17.5 Å². The molecule has 2 rings (SSSR count). The number of nitrogens with two attached hydrogens (primary N) is 1. The number of benzene rings is 1. The summed E-state index contributed by atoms with van der Waals surface area (Å²) in [5.74, 6) is -0.703. The van der Waals surface area contributed by atoms with Crippen molar-refractivity contribution in [3.05, 3.63) is 34.9 Å². The lowest BCUT2D eigenvalue weighted by molar-refractivity contribution is -0.119. The molecule has 0 spiro atoms. The van der Waals surface area contributed by atoms with Gasteiger partial charge < -0.3 is 10.8 Å². The molecule has 1 heterocycles. The number of halogens is 1. The molecule has 18 heavy (non-hydrogen) atoms. The molecule has 0 saturated carbocycles. The van der Waals surface area contributed by atoms with Crippen LogP contribution >= 0.6 is 11.6 Å². The van der Waals surface area contributed by atoms with Crippen LogP contribution in [0, 0.1) is 0 Å². The van der Waals surface area contributed by atoms with E-state index in [-0.39, 0.29) is 17.9 Å². The zero-order valence-corrected chi connectivity index (χ0v) is 10.8. The Morgan fingerprint density at radius 1 is 1.50 bits per heavy atom. The molecule has 1 saturated heterocycles. The Morgan fingerprint density at radius 3 is 2.67 bits per heavy atom. The Balaban J connectivity index is 2.08. The maximum Gasteiger partial charge on any atom is 0.226 e. The van der Waals surface area contributed by atoms with Gasteiger partial charge in [-0.2, -0.15) is 0 Å². The highest BCUT2D eigenvalue weighted by Gasteiger charge is 2.26. The van der Waals surface area contributed by atoms with E-state index in [4.69, 9.17) is 17.3 Å². The lowest BCUT2D eigenvalue weighted by atomic mass is 9.98. The van der Waals surface area contributed by atoms with Gasteiger partial charge in [-0.1, -0.05) is 23.7 Å². The first-order valence-corrected chi connectivity index (χ1v) is 6.39. The maximum atomic E-state index is 11.6. The monoisotopic (exact) mass is 268 g/mol. The van der Waals surface area contributed by atoms with Crippen LogP contribution in [-0.2, 0) is 4.79 Å². The Kier molecular flexibility index (Phi) is 4.22. The molecule has 3 N–H and O–H groups in total. The summed E-state index contributed by atoms with van der Waals surface area (Å²) < 4.78 is 0. The van der Waals surface area contributed by atoms with E-state index in [1.807, 2.05) is 12.1 Å². The molecule has 98 valence electrons. The number of β-amino-alcohol motifs (C(OH)–C–C–N with tert-alkyl or cyclic N) is 1. The van der Waals surface area contributed by atoms with Crippen molar-refractivity contribution in [2.45, 2.75) is 18.4 Å². The second kappa shape index (κ2) is 5.69. The standard InChI is InChI=1S/C13H17ClN2O2/c14-10-3-1-9(2-4-10)12(13(15)18)8-16-6-5-11(17)7-16/h1-4,11-12,17H,5-8H2,(H2,15,18)/t11-,12?/m1/s1. The fourth-order valence-corrected chi connectivity index (χ4v) is 2.42. The summed E-state index contributed by atoms with van der Waals surface area (Å²) in [6.45, 7) is 1.96. The highest BCUT2D eigenvalue weighted by atomic mass is 35.5. The molecule has 1 aromatic carbocycles. The van der Waals surface area contributed by atoms with E-state index in [9.17, 15) is 9.90 Å². The minimum absolute atomic E-state index is 0.288. The van der Waals surface area contributed by atoms with E-state index in [2.05, 4.69) is 4.90 Å². The number of rotatable bonds is 4. The van der Waals surface area contributed by atoms with Gasteiger partial charge >= 0.3 is 0 Å². The number of carbonyl (C=O) groups is 1. The van der Waals surface area contributed by atoms with Crippen LogP contribution in [0.2, 0.25) is 5.02 Å². The number of primary amides is 1. The van der Waals surface area contributed by atoms with Gasteiger partial charge in [0.2, 0.25) is 5.91 Å². The third-order valence-electron chi connectivity index (χ3n) is 3.30. The largest absolute Gasteiger partial charge is 0.392 e. The van der Waals surface area contributed by atoms with Gasteiger partial charge in [-0.25, -0.2) is 0 Å². The molecule has 1 unspecified atom stereocenters. The van der Waals surface area contributed by atoms with Crippen LogP contribution in [0.15, 0.2) is 24.3 Å². The predicted octanol–water partition coefficient (Wildman–Crippen LogP) is 0.976. The second-order valence-electron chi connectivity index (χ2n) is 4.71. The van der Waals surface area contributed by atoms with Crippen LogP contribution in [0.25, 0.3) is 0 Å². The number of aliphatic hydroxyl groups excluding tert-OH is 1. The second-order valence-corrected chi connectivity index (χ2v) is 5.15. The van der Waals surface area contributed by atoms with Gasteiger partial charge in [-0.3, -0.25) is 9.69 Å². The first kappa shape index (κ1) is 13.3. The third-order valence-corrected chi connectivity index (χ3v) is 3.56. The van der Waals surface area contributed by atoms with Gasteiger partial charge in [0.05, 0.1) is 12.0 Å². The molecular formula is C13H17ClN2O2. The summed E-state index contributed by atoms with van der Waals surface area (Å²) in [7, 11) is 0. The minimum Gasteiger partial charge on any atom is -0.392 e. The molecule has 1 fully saturated rings. The molecule has 0 radical (unpaired) electrons. The Bertz CT molecular complexity index is 422. The van der Waals surface area contributed by atoms with E-state index in [0.29, 0.717) is 18.1 Å². The van der Waals surface area contributed by atoms with Crippen LogP contribution < -0.4 is 5.73 Å². The quantitative estimate of drug-likeness (QED) is 0.855. The lowest BCUT2D eigenvalue weighted by Crippen LogP contribution is -2.34. The first-order chi connectivity index (χ1) is 8.56. The van der Waals surface area contributed by atoms with Crippen molar-refractivity contribution in [2.75, 3.05) is 19.6 Å². The van der Waals surface area contributed by atoms with Crippen LogP contribution in [-0.4, -0.2) is 41.7 Å². The van der Waals surface area contributed by atoms with E-state index in [1.54, 1.807) is 12.1 Å². The third kappa shape index (κ3) is 3.22. The smallest absolute Gasteiger partial charge is 0.226 e. The van der Waals surface area contributed by atoms with Crippen LogP contribution in [0.4, 0.5) is 0 Å². The Morgan fingerprint density at radius 2 is 2.17 bits per heavy atom. The van der Waals surface area contributed by atoms with Gasteiger partial charge in [0.15, 0.2) is 0 Å². The number of hydrogen-bond donors (Lipinski definition) is 2. The van der Waals surface area contributed by atoms with Gasteiger partial charge in [0.25, 0.3) is 0 Å². The summed E-state index contributed by atoms with van der Waals surface area (Å²) in [5, 5.41) is 10.1. The zero-order chi connectivity index (χ0) is 13.1. The zero-order valence-electron chi connectivity index (χ0n) is 10.1. The normalized spacial score (nSPS) is 22.0. The number of aliphatic hydroxyl groups is 1. The van der Waals surface area contributed by atoms with Crippen molar-refractivity contribution in [1.29, 1.82) is 0 Å².